The van der Waals surface area contributed by atoms with Crippen molar-refractivity contribution in [3.8, 4) is 0 Å². The van der Waals surface area contributed by atoms with E-state index in [9.17, 15) is 4.79 Å². The van der Waals surface area contributed by atoms with Crippen LogP contribution in [0.1, 0.15) is 27.9 Å². The van der Waals surface area contributed by atoms with Crippen LogP contribution in [0.3, 0.4) is 0 Å². The Labute approximate surface area is 113 Å². The van der Waals surface area contributed by atoms with E-state index in [1.54, 1.807) is 12.1 Å². The molecule has 0 saturated carbocycles. The highest BCUT2D eigenvalue weighted by molar-refractivity contribution is 5.87. The van der Waals surface area contributed by atoms with Gasteiger partial charge in [0.2, 0.25) is 0 Å². The molecule has 2 aromatic rings. The Morgan fingerprint density at radius 2 is 1.63 bits per heavy atom. The predicted octanol–water partition coefficient (Wildman–Crippen LogP) is 3.76. The fourth-order valence-electron chi connectivity index (χ4n) is 1.97. The van der Waals surface area contributed by atoms with Gasteiger partial charge in [-0.1, -0.05) is 42.5 Å². The lowest BCUT2D eigenvalue weighted by molar-refractivity contribution is 0.0697. The molecule has 0 amide bonds. The molecule has 0 atom stereocenters. The van der Waals surface area contributed by atoms with Crippen molar-refractivity contribution in [1.29, 1.82) is 0 Å². The fourth-order valence-corrected chi connectivity index (χ4v) is 1.97. The van der Waals surface area contributed by atoms with Crippen LogP contribution in [0.15, 0.2) is 54.6 Å². The lowest BCUT2D eigenvalue weighted by Gasteiger charge is -2.03. The minimum atomic E-state index is -0.875. The van der Waals surface area contributed by atoms with Crippen LogP contribution < -0.4 is 0 Å². The molecule has 1 N–H and O–H groups in total. The number of carbonyl (C=O) groups is 1. The number of carboxylic acid groups (broad SMARTS) is 1. The summed E-state index contributed by atoms with van der Waals surface area (Å²) in [5.41, 5.74) is 2.84. The van der Waals surface area contributed by atoms with E-state index in [-0.39, 0.29) is 0 Å². The summed E-state index contributed by atoms with van der Waals surface area (Å²) in [6.45, 7) is 0. The average molecular weight is 253 g/mol. The zero-order valence-electron chi connectivity index (χ0n) is 10.8. The van der Waals surface area contributed by atoms with E-state index >= 15 is 0 Å². The van der Waals surface area contributed by atoms with Crippen LogP contribution in [-0.4, -0.2) is 11.1 Å². The topological polar surface area (TPSA) is 37.3 Å². The van der Waals surface area contributed by atoms with Crippen LogP contribution in [0.5, 0.6) is 0 Å². The Bertz CT molecular complexity index is 515. The quantitative estimate of drug-likeness (QED) is 0.796. The minimum absolute atomic E-state index is 0.341. The van der Waals surface area contributed by atoms with E-state index in [1.165, 1.54) is 5.56 Å². The van der Waals surface area contributed by atoms with Gasteiger partial charge in [-0.15, -0.1) is 0 Å². The van der Waals surface area contributed by atoms with E-state index in [1.807, 2.05) is 18.2 Å². The lowest BCUT2D eigenvalue weighted by Crippen LogP contribution is -1.96. The Hall–Kier alpha value is -2.09. The maximum atomic E-state index is 10.7. The van der Waals surface area contributed by atoms with E-state index in [4.69, 9.17) is 5.11 Å². The first-order chi connectivity index (χ1) is 9.25. The second-order valence-corrected chi connectivity index (χ2v) is 4.52. The van der Waals surface area contributed by atoms with Gasteiger partial charge in [0.15, 0.2) is 0 Å². The van der Waals surface area contributed by atoms with Crippen molar-refractivity contribution < 1.29 is 9.90 Å². The van der Waals surface area contributed by atoms with Crippen molar-refractivity contribution in [2.45, 2.75) is 19.3 Å². The zero-order valence-corrected chi connectivity index (χ0v) is 10.8. The van der Waals surface area contributed by atoms with Crippen molar-refractivity contribution in [1.82, 2.24) is 0 Å². The first kappa shape index (κ1) is 13.3. The van der Waals surface area contributed by atoms with E-state index in [0.29, 0.717) is 5.56 Å². The van der Waals surface area contributed by atoms with Gasteiger partial charge in [0.25, 0.3) is 0 Å². The molecule has 0 heterocycles. The molecular formula is C17H17O2. The van der Waals surface area contributed by atoms with Crippen molar-refractivity contribution in [2.24, 2.45) is 0 Å². The van der Waals surface area contributed by atoms with E-state index < -0.39 is 5.97 Å². The Morgan fingerprint density at radius 3 is 2.26 bits per heavy atom. The van der Waals surface area contributed by atoms with Gasteiger partial charge in [0.05, 0.1) is 5.56 Å². The first-order valence-electron chi connectivity index (χ1n) is 6.43. The molecule has 0 fully saturated rings. The highest BCUT2D eigenvalue weighted by Crippen LogP contribution is 2.10. The summed E-state index contributed by atoms with van der Waals surface area (Å²) >= 11 is 0. The molecule has 2 nitrogen and oxygen atoms in total. The molecule has 0 aromatic heterocycles. The van der Waals surface area contributed by atoms with Crippen molar-refractivity contribution in [3.63, 3.8) is 0 Å². The SMILES string of the molecule is O=C(O)c1ccc(C[CH]CCc2ccccc2)cc1. The molecule has 2 rings (SSSR count). The second-order valence-electron chi connectivity index (χ2n) is 4.52. The highest BCUT2D eigenvalue weighted by Gasteiger charge is 2.01. The summed E-state index contributed by atoms with van der Waals surface area (Å²) in [6.07, 6.45) is 5.20. The molecule has 0 aliphatic carbocycles. The summed E-state index contributed by atoms with van der Waals surface area (Å²) in [6, 6.07) is 17.5. The number of aryl methyl sites for hydroxylation is 1. The summed E-state index contributed by atoms with van der Waals surface area (Å²) in [4.78, 5) is 10.7. The third-order valence-electron chi connectivity index (χ3n) is 3.06. The van der Waals surface area contributed by atoms with Crippen LogP contribution in [-0.2, 0) is 12.8 Å². The van der Waals surface area contributed by atoms with Gasteiger partial charge in [-0.3, -0.25) is 0 Å². The molecule has 0 aliphatic heterocycles. The summed E-state index contributed by atoms with van der Waals surface area (Å²) in [7, 11) is 0. The molecule has 2 aromatic carbocycles. The Morgan fingerprint density at radius 1 is 0.947 bits per heavy atom. The number of aromatic carboxylic acids is 1. The van der Waals surface area contributed by atoms with Crippen molar-refractivity contribution >= 4 is 5.97 Å². The van der Waals surface area contributed by atoms with E-state index in [0.717, 1.165) is 24.8 Å². The number of hydrogen-bond acceptors (Lipinski definition) is 1. The number of hydrogen-bond donors (Lipinski definition) is 1. The van der Waals surface area contributed by atoms with Crippen LogP contribution in [0, 0.1) is 6.42 Å². The number of rotatable bonds is 6. The summed E-state index contributed by atoms with van der Waals surface area (Å²) < 4.78 is 0. The number of unbranched alkanes of at least 4 members (excludes halogenated alkanes) is 1. The first-order valence-corrected chi connectivity index (χ1v) is 6.43. The molecule has 0 saturated heterocycles. The maximum Gasteiger partial charge on any atom is 0.335 e. The molecule has 0 aliphatic rings. The lowest BCUT2D eigenvalue weighted by atomic mass is 10.0. The Kier molecular flexibility index (Phi) is 4.73. The summed E-state index contributed by atoms with van der Waals surface area (Å²) in [5.74, 6) is -0.875. The van der Waals surface area contributed by atoms with Crippen molar-refractivity contribution in [3.05, 3.63) is 77.7 Å². The van der Waals surface area contributed by atoms with Gasteiger partial charge in [-0.2, -0.15) is 0 Å². The number of carboxylic acids is 1. The predicted molar refractivity (Wildman–Crippen MR) is 76.2 cm³/mol. The van der Waals surface area contributed by atoms with Crippen molar-refractivity contribution in [2.75, 3.05) is 0 Å². The molecule has 19 heavy (non-hydrogen) atoms. The van der Waals surface area contributed by atoms with Gasteiger partial charge in [0.1, 0.15) is 0 Å². The standard InChI is InChI=1S/C17H17O2/c18-17(19)16-12-10-15(11-13-16)9-5-4-8-14-6-2-1-3-7-14/h1-3,5-7,10-13H,4,8-9H2,(H,18,19). The largest absolute Gasteiger partial charge is 0.478 e. The van der Waals surface area contributed by atoms with E-state index in [2.05, 4.69) is 30.7 Å². The van der Waals surface area contributed by atoms with Crippen LogP contribution in [0.4, 0.5) is 0 Å². The molecular weight excluding hydrogens is 236 g/mol. The van der Waals surface area contributed by atoms with Gasteiger partial charge in [0, 0.05) is 0 Å². The third kappa shape index (κ3) is 4.25. The minimum Gasteiger partial charge on any atom is -0.478 e. The average Bonchev–Trinajstić information content (AvgIpc) is 2.45. The zero-order chi connectivity index (χ0) is 13.5. The van der Waals surface area contributed by atoms with Crippen LogP contribution in [0.25, 0.3) is 0 Å². The van der Waals surface area contributed by atoms with Crippen LogP contribution in [0.2, 0.25) is 0 Å². The molecule has 97 valence electrons. The maximum absolute atomic E-state index is 10.7. The third-order valence-corrected chi connectivity index (χ3v) is 3.06. The highest BCUT2D eigenvalue weighted by atomic mass is 16.4. The van der Waals surface area contributed by atoms with Gasteiger partial charge in [-0.05, 0) is 48.9 Å². The molecule has 2 heteroatoms. The monoisotopic (exact) mass is 253 g/mol. The van der Waals surface area contributed by atoms with Gasteiger partial charge >= 0.3 is 5.97 Å². The Balaban J connectivity index is 1.75. The molecule has 0 bridgehead atoms. The normalized spacial score (nSPS) is 10.3. The molecule has 1 radical (unpaired) electrons. The number of benzene rings is 2. The smallest absolute Gasteiger partial charge is 0.335 e. The van der Waals surface area contributed by atoms with Crippen LogP contribution >= 0.6 is 0 Å². The van der Waals surface area contributed by atoms with Gasteiger partial charge in [-0.25, -0.2) is 4.79 Å². The fraction of sp³-hybridized carbons (Fsp3) is 0.176. The van der Waals surface area contributed by atoms with Gasteiger partial charge < -0.3 is 5.11 Å². The molecule has 0 unspecified atom stereocenters. The molecule has 0 spiro atoms. The second kappa shape index (κ2) is 6.74. The summed E-state index contributed by atoms with van der Waals surface area (Å²) in [5, 5.41) is 8.81.